The van der Waals surface area contributed by atoms with Crippen LogP contribution in [0.3, 0.4) is 0 Å². The number of aryl methyl sites for hydroxylation is 1. The van der Waals surface area contributed by atoms with Gasteiger partial charge in [0.2, 0.25) is 0 Å². The summed E-state index contributed by atoms with van der Waals surface area (Å²) in [4.78, 5) is 17.7. The number of hydrogen-bond acceptors (Lipinski definition) is 3. The Bertz CT molecular complexity index is 1460. The minimum atomic E-state index is -0.563. The van der Waals surface area contributed by atoms with E-state index in [1.54, 1.807) is 12.2 Å². The first kappa shape index (κ1) is 59.0. The van der Waals surface area contributed by atoms with E-state index in [0.29, 0.717) is 5.70 Å². The van der Waals surface area contributed by atoms with Crippen molar-refractivity contribution < 1.29 is 9.18 Å². The van der Waals surface area contributed by atoms with Crippen molar-refractivity contribution in [3.63, 3.8) is 0 Å². The Hall–Kier alpha value is -3.27. The molecule has 0 bridgehead atoms. The summed E-state index contributed by atoms with van der Waals surface area (Å²) >= 11 is 0. The van der Waals surface area contributed by atoms with Gasteiger partial charge >= 0.3 is 0 Å². The van der Waals surface area contributed by atoms with Crippen molar-refractivity contribution in [2.24, 2.45) is 34.6 Å². The van der Waals surface area contributed by atoms with Crippen molar-refractivity contribution in [1.29, 1.82) is 0 Å². The third-order valence-corrected chi connectivity index (χ3v) is 10.4. The molecular formula is C54H93FN2O. The first-order valence-corrected chi connectivity index (χ1v) is 22.9. The van der Waals surface area contributed by atoms with E-state index < -0.39 is 11.2 Å². The van der Waals surface area contributed by atoms with E-state index in [0.717, 1.165) is 75.7 Å². The van der Waals surface area contributed by atoms with Gasteiger partial charge in [-0.25, -0.2) is 4.39 Å². The van der Waals surface area contributed by atoms with Gasteiger partial charge in [0.15, 0.2) is 0 Å². The van der Waals surface area contributed by atoms with Crippen LogP contribution in [-0.4, -0.2) is 12.0 Å². The zero-order valence-electron chi connectivity index (χ0n) is 41.5. The summed E-state index contributed by atoms with van der Waals surface area (Å²) in [6.07, 6.45) is 20.0. The molecule has 1 aromatic carbocycles. The van der Waals surface area contributed by atoms with Gasteiger partial charge in [-0.3, -0.25) is 9.79 Å². The molecule has 2 unspecified atom stereocenters. The zero-order chi connectivity index (χ0) is 45.6. The van der Waals surface area contributed by atoms with Crippen LogP contribution in [0.2, 0.25) is 0 Å². The van der Waals surface area contributed by atoms with E-state index in [2.05, 4.69) is 84.9 Å². The molecule has 2 atom stereocenters. The van der Waals surface area contributed by atoms with Gasteiger partial charge < -0.3 is 5.32 Å². The Morgan fingerprint density at radius 2 is 1.57 bits per heavy atom. The van der Waals surface area contributed by atoms with Crippen molar-refractivity contribution in [2.75, 3.05) is 0 Å². The lowest BCUT2D eigenvalue weighted by Crippen LogP contribution is -2.34. The van der Waals surface area contributed by atoms with Crippen molar-refractivity contribution in [1.82, 2.24) is 5.32 Å². The van der Waals surface area contributed by atoms with Gasteiger partial charge in [-0.1, -0.05) is 160 Å². The molecule has 1 aromatic rings. The van der Waals surface area contributed by atoms with Gasteiger partial charge in [-0.05, 0) is 137 Å². The zero-order valence-corrected chi connectivity index (χ0v) is 41.5. The highest BCUT2D eigenvalue weighted by atomic mass is 19.1. The molecule has 0 aliphatic heterocycles. The highest BCUT2D eigenvalue weighted by Gasteiger charge is 2.33. The van der Waals surface area contributed by atoms with Gasteiger partial charge in [-0.2, -0.15) is 0 Å². The van der Waals surface area contributed by atoms with Crippen LogP contribution < -0.4 is 5.32 Å². The van der Waals surface area contributed by atoms with Crippen LogP contribution >= 0.6 is 0 Å². The Balaban J connectivity index is -0.00000116. The number of aliphatic imine (C=N–C) groups is 1. The average molecular weight is 805 g/mol. The van der Waals surface area contributed by atoms with E-state index in [1.165, 1.54) is 51.0 Å². The highest BCUT2D eigenvalue weighted by molar-refractivity contribution is 5.91. The Morgan fingerprint density at radius 3 is 1.97 bits per heavy atom. The van der Waals surface area contributed by atoms with Gasteiger partial charge in [0.25, 0.3) is 0 Å². The SMILES string of the molecule is C=C/C(F)=C(\C=C/C)N/C(C)=C(C)/C(=C\C(=C)c1ccc(C(C)(C)C(=O)C(C)CC)c(C)c1)N=CCC.CC.CC(C)C.CCCC(C)CC.CCCC1CC(C)C1. The fourth-order valence-electron chi connectivity index (χ4n) is 6.53. The Morgan fingerprint density at radius 1 is 1.00 bits per heavy atom. The van der Waals surface area contributed by atoms with Crippen LogP contribution in [0.1, 0.15) is 199 Å². The molecule has 0 aromatic heterocycles. The molecule has 1 aliphatic rings. The average Bonchev–Trinajstić information content (AvgIpc) is 3.18. The topological polar surface area (TPSA) is 41.5 Å². The minimum Gasteiger partial charge on any atom is -0.356 e. The summed E-state index contributed by atoms with van der Waals surface area (Å²) in [5, 5.41) is 3.15. The summed E-state index contributed by atoms with van der Waals surface area (Å²) in [5.41, 5.74) is 6.02. The summed E-state index contributed by atoms with van der Waals surface area (Å²) in [6.45, 7) is 47.6. The van der Waals surface area contributed by atoms with Crippen LogP contribution in [0.5, 0.6) is 0 Å². The monoisotopic (exact) mass is 805 g/mol. The van der Waals surface area contributed by atoms with E-state index in [-0.39, 0.29) is 11.7 Å². The maximum atomic E-state index is 14.3. The van der Waals surface area contributed by atoms with Crippen LogP contribution in [0.15, 0.2) is 89.1 Å². The highest BCUT2D eigenvalue weighted by Crippen LogP contribution is 2.36. The van der Waals surface area contributed by atoms with Crippen LogP contribution in [0.25, 0.3) is 5.57 Å². The largest absolute Gasteiger partial charge is 0.356 e. The molecule has 4 heteroatoms. The summed E-state index contributed by atoms with van der Waals surface area (Å²) in [5.74, 6) is 3.78. The number of nitrogens with one attached hydrogen (secondary N) is 1. The van der Waals surface area contributed by atoms with Gasteiger partial charge in [0, 0.05) is 23.2 Å². The second kappa shape index (κ2) is 33.5. The predicted molar refractivity (Wildman–Crippen MR) is 262 cm³/mol. The molecule has 2 rings (SSSR count). The second-order valence-corrected chi connectivity index (χ2v) is 17.2. The number of nitrogens with zero attached hydrogens (tertiary/aromatic N) is 1. The Kier molecular flexibility index (Phi) is 34.2. The Labute approximate surface area is 361 Å². The summed E-state index contributed by atoms with van der Waals surface area (Å²) in [7, 11) is 0. The molecule has 1 saturated carbocycles. The van der Waals surface area contributed by atoms with Gasteiger partial charge in [0.1, 0.15) is 11.6 Å². The number of allylic oxidation sites excluding steroid dienone is 8. The van der Waals surface area contributed by atoms with Crippen molar-refractivity contribution in [2.45, 2.75) is 195 Å². The number of carbonyl (C=O) groups excluding carboxylic acids is 1. The normalized spacial score (nSPS) is 17.0. The van der Waals surface area contributed by atoms with Crippen molar-refractivity contribution >= 4 is 17.6 Å². The number of hydrogen-bond donors (Lipinski definition) is 1. The second-order valence-electron chi connectivity index (χ2n) is 17.2. The predicted octanol–water partition coefficient (Wildman–Crippen LogP) is 17.4. The van der Waals surface area contributed by atoms with Gasteiger partial charge in [-0.15, -0.1) is 0 Å². The smallest absolute Gasteiger partial charge is 0.146 e. The molecule has 3 nitrogen and oxygen atoms in total. The molecular weight excluding hydrogens is 712 g/mol. The van der Waals surface area contributed by atoms with Crippen LogP contribution in [-0.2, 0) is 10.2 Å². The molecule has 1 N–H and O–H groups in total. The summed E-state index contributed by atoms with van der Waals surface area (Å²) < 4.78 is 14.3. The molecule has 1 aliphatic carbocycles. The molecule has 0 amide bonds. The molecule has 332 valence electrons. The lowest BCUT2D eigenvalue weighted by molar-refractivity contribution is -0.127. The molecule has 1 fully saturated rings. The molecule has 0 saturated heterocycles. The number of rotatable bonds is 18. The number of ketones is 1. The number of halogens is 1. The molecule has 0 spiro atoms. The maximum absolute atomic E-state index is 14.3. The first-order valence-electron chi connectivity index (χ1n) is 22.9. The van der Waals surface area contributed by atoms with E-state index in [4.69, 9.17) is 0 Å². The third kappa shape index (κ3) is 24.0. The van der Waals surface area contributed by atoms with Crippen LogP contribution in [0.4, 0.5) is 4.39 Å². The number of Topliss-reactive ketones (excluding diaryl/α,β-unsaturated/α-hetero) is 1. The first-order chi connectivity index (χ1) is 27.2. The molecule has 0 radical (unpaired) electrons. The van der Waals surface area contributed by atoms with Crippen molar-refractivity contribution in [3.8, 4) is 0 Å². The van der Waals surface area contributed by atoms with Gasteiger partial charge in [0.05, 0.1) is 11.4 Å². The maximum Gasteiger partial charge on any atom is 0.146 e. The lowest BCUT2D eigenvalue weighted by atomic mass is 9.73. The minimum absolute atomic E-state index is 0.0145. The van der Waals surface area contributed by atoms with E-state index in [9.17, 15) is 9.18 Å². The van der Waals surface area contributed by atoms with Crippen LogP contribution in [0, 0.1) is 36.5 Å². The molecule has 58 heavy (non-hydrogen) atoms. The number of carbonyl (C=O) groups is 1. The standard InChI is InChI=1S/C33H45FN2O.C8H16.C7H16.C4H10.C2H6/c1-12-16-30(29(34)15-4)36-26(9)25(8)31(35-19-13-2)21-23(6)27-17-18-28(24(7)20-27)33(10,11)32(37)22(5)14-3;1-3-4-8-5-7(2)6-8;1-4-6-7(3)5-2;1-4(2)3;1-2/h12,15-22,36H,4,6,13-14H2,1-3,5,7-11H3;7-8H,3-6H2,1-2H3;7H,4-6H2,1-3H3;4H,1-3H3;1-2H3/b16-12-,26-25+,30-29-,31-21+,35-19?;;;;. The fraction of sp³-hybridized carbons (Fsp3) is 0.630. The van der Waals surface area contributed by atoms with E-state index in [1.807, 2.05) is 101 Å². The quantitative estimate of drug-likeness (QED) is 0.119. The fourth-order valence-corrected chi connectivity index (χ4v) is 6.53. The molecule has 0 heterocycles. The number of benzene rings is 1. The van der Waals surface area contributed by atoms with E-state index >= 15 is 0 Å². The third-order valence-electron chi connectivity index (χ3n) is 10.4. The summed E-state index contributed by atoms with van der Waals surface area (Å²) in [6, 6.07) is 6.14. The van der Waals surface area contributed by atoms with Crippen molar-refractivity contribution in [3.05, 3.63) is 101 Å². The lowest BCUT2D eigenvalue weighted by Gasteiger charge is -2.32.